The van der Waals surface area contributed by atoms with E-state index in [4.69, 9.17) is 9.15 Å². The van der Waals surface area contributed by atoms with Crippen LogP contribution in [-0.4, -0.2) is 43.8 Å². The summed E-state index contributed by atoms with van der Waals surface area (Å²) in [5.41, 5.74) is 1.59. The molecule has 0 bridgehead atoms. The van der Waals surface area contributed by atoms with E-state index >= 15 is 0 Å². The number of guanidine groups is 1. The monoisotopic (exact) mass is 518 g/mol. The highest BCUT2D eigenvalue weighted by molar-refractivity contribution is 14.0. The molecular weight excluding hydrogens is 486 g/mol. The third kappa shape index (κ3) is 8.69. The quantitative estimate of drug-likeness (QED) is 0.280. The molecule has 29 heavy (non-hydrogen) atoms. The molecule has 2 N–H and O–H groups in total. The van der Waals surface area contributed by atoms with Crippen LogP contribution >= 0.6 is 24.0 Å². The minimum atomic E-state index is -0.278. The first kappa shape index (κ1) is 25.4. The first-order valence-corrected chi connectivity index (χ1v) is 9.80. The summed E-state index contributed by atoms with van der Waals surface area (Å²) in [6.07, 6.45) is 3.50. The van der Waals surface area contributed by atoms with Gasteiger partial charge in [0, 0.05) is 38.7 Å². The minimum Gasteiger partial charge on any atom is -0.444 e. The summed E-state index contributed by atoms with van der Waals surface area (Å²) in [5, 5.41) is 6.59. The third-order valence-corrected chi connectivity index (χ3v) is 4.39. The zero-order valence-corrected chi connectivity index (χ0v) is 19.9. The number of hydrogen-bond donors (Lipinski definition) is 2. The second-order valence-corrected chi connectivity index (χ2v) is 6.85. The van der Waals surface area contributed by atoms with E-state index in [-0.39, 0.29) is 35.9 Å². The van der Waals surface area contributed by atoms with Gasteiger partial charge in [-0.15, -0.1) is 24.0 Å². The Kier molecular flexibility index (Phi) is 11.8. The Morgan fingerprint density at radius 1 is 1.21 bits per heavy atom. The average Bonchev–Trinajstić information content (AvgIpc) is 3.15. The van der Waals surface area contributed by atoms with E-state index in [0.29, 0.717) is 24.8 Å². The summed E-state index contributed by atoms with van der Waals surface area (Å²) in [7, 11) is 1.75. The lowest BCUT2D eigenvalue weighted by Crippen LogP contribution is -2.40. The van der Waals surface area contributed by atoms with Crippen LogP contribution in [0.5, 0.6) is 0 Å². The van der Waals surface area contributed by atoms with Gasteiger partial charge in [-0.1, -0.05) is 13.8 Å². The summed E-state index contributed by atoms with van der Waals surface area (Å²) < 4.78 is 24.3. The van der Waals surface area contributed by atoms with E-state index in [9.17, 15) is 4.39 Å². The molecule has 0 fully saturated rings. The molecule has 0 radical (unpaired) electrons. The number of rotatable bonds is 10. The summed E-state index contributed by atoms with van der Waals surface area (Å²) >= 11 is 0. The van der Waals surface area contributed by atoms with Crippen LogP contribution in [-0.2, 0) is 11.2 Å². The van der Waals surface area contributed by atoms with Crippen molar-refractivity contribution in [2.24, 2.45) is 10.9 Å². The molecule has 6 nitrogen and oxygen atoms in total. The van der Waals surface area contributed by atoms with Crippen LogP contribution in [0.1, 0.15) is 32.9 Å². The van der Waals surface area contributed by atoms with E-state index in [1.54, 1.807) is 25.4 Å². The normalized spacial score (nSPS) is 12.6. The zero-order chi connectivity index (χ0) is 20.4. The molecule has 2 rings (SSSR count). The maximum absolute atomic E-state index is 13.0. The summed E-state index contributed by atoms with van der Waals surface area (Å²) in [6.45, 7) is 8.56. The molecule has 0 aliphatic heterocycles. The number of aromatic nitrogens is 1. The van der Waals surface area contributed by atoms with Gasteiger partial charge in [-0.3, -0.25) is 4.99 Å². The molecule has 1 unspecified atom stereocenters. The Labute approximate surface area is 189 Å². The van der Waals surface area contributed by atoms with Gasteiger partial charge in [-0.25, -0.2) is 9.37 Å². The van der Waals surface area contributed by atoms with Gasteiger partial charge in [0.15, 0.2) is 5.96 Å². The van der Waals surface area contributed by atoms with Crippen LogP contribution in [0.4, 0.5) is 4.39 Å². The van der Waals surface area contributed by atoms with Gasteiger partial charge in [0.05, 0.1) is 11.8 Å². The number of oxazole rings is 1. The van der Waals surface area contributed by atoms with Crippen LogP contribution in [0.3, 0.4) is 0 Å². The molecule has 0 amide bonds. The van der Waals surface area contributed by atoms with Crippen molar-refractivity contribution in [1.29, 1.82) is 0 Å². The van der Waals surface area contributed by atoms with Gasteiger partial charge in [-0.05, 0) is 43.5 Å². The minimum absolute atomic E-state index is 0. The number of ether oxygens (including phenoxy) is 1. The summed E-state index contributed by atoms with van der Waals surface area (Å²) in [6, 6.07) is 6.10. The van der Waals surface area contributed by atoms with Crippen LogP contribution < -0.4 is 10.6 Å². The van der Waals surface area contributed by atoms with Crippen LogP contribution in [0.15, 0.2) is 39.9 Å². The Morgan fingerprint density at radius 2 is 1.90 bits per heavy atom. The standard InChI is InChI=1S/C21H31FN4O2.HI/c1-5-27-19(15(2)3)11-13-25-21(23-4)24-12-10-18-14-28-20(26-18)16-6-8-17(22)9-7-16;/h6-9,14-15,19H,5,10-13H2,1-4H3,(H2,23,24,25);1H. The SMILES string of the molecule is CCOC(CCNC(=NC)NCCc1coc(-c2ccc(F)cc2)n1)C(C)C.I. The second-order valence-electron chi connectivity index (χ2n) is 6.85. The van der Waals surface area contributed by atoms with E-state index in [0.717, 1.165) is 36.8 Å². The fourth-order valence-corrected chi connectivity index (χ4v) is 2.83. The lowest BCUT2D eigenvalue weighted by atomic mass is 10.0. The fraction of sp³-hybridized carbons (Fsp3) is 0.524. The van der Waals surface area contributed by atoms with Gasteiger partial charge in [0.2, 0.25) is 5.89 Å². The van der Waals surface area contributed by atoms with Crippen LogP contribution in [0.25, 0.3) is 11.5 Å². The topological polar surface area (TPSA) is 71.7 Å². The molecule has 2 aromatic rings. The first-order valence-electron chi connectivity index (χ1n) is 9.80. The van der Waals surface area contributed by atoms with Crippen molar-refractivity contribution < 1.29 is 13.5 Å². The van der Waals surface area contributed by atoms with Gasteiger partial charge in [0.1, 0.15) is 12.1 Å². The highest BCUT2D eigenvalue weighted by atomic mass is 127. The van der Waals surface area contributed by atoms with Crippen molar-refractivity contribution >= 4 is 29.9 Å². The molecule has 1 aromatic heterocycles. The van der Waals surface area contributed by atoms with Crippen molar-refractivity contribution in [3.63, 3.8) is 0 Å². The number of aliphatic imine (C=N–C) groups is 1. The molecule has 0 aliphatic carbocycles. The van der Waals surface area contributed by atoms with Gasteiger partial charge >= 0.3 is 0 Å². The summed E-state index contributed by atoms with van der Waals surface area (Å²) in [4.78, 5) is 8.69. The molecule has 1 atom stereocenters. The predicted octanol–water partition coefficient (Wildman–Crippen LogP) is 4.26. The largest absolute Gasteiger partial charge is 0.444 e. The van der Waals surface area contributed by atoms with Gasteiger partial charge < -0.3 is 19.8 Å². The molecule has 1 aromatic carbocycles. The van der Waals surface area contributed by atoms with Crippen molar-refractivity contribution in [3.05, 3.63) is 42.0 Å². The zero-order valence-electron chi connectivity index (χ0n) is 17.6. The Morgan fingerprint density at radius 3 is 2.52 bits per heavy atom. The third-order valence-electron chi connectivity index (χ3n) is 4.39. The van der Waals surface area contributed by atoms with Crippen molar-refractivity contribution in [1.82, 2.24) is 15.6 Å². The van der Waals surface area contributed by atoms with Crippen LogP contribution in [0.2, 0.25) is 0 Å². The molecule has 8 heteroatoms. The van der Waals surface area contributed by atoms with Crippen molar-refractivity contribution in [2.45, 2.75) is 39.7 Å². The number of hydrogen-bond acceptors (Lipinski definition) is 4. The molecule has 0 saturated heterocycles. The van der Waals surface area contributed by atoms with Crippen LogP contribution in [0, 0.1) is 11.7 Å². The maximum Gasteiger partial charge on any atom is 0.226 e. The number of benzene rings is 1. The Bertz CT molecular complexity index is 735. The molecule has 0 saturated carbocycles. The molecule has 0 spiro atoms. The maximum atomic E-state index is 13.0. The lowest BCUT2D eigenvalue weighted by molar-refractivity contribution is 0.0258. The molecule has 1 heterocycles. The van der Waals surface area contributed by atoms with E-state index in [1.807, 2.05) is 6.92 Å². The second kappa shape index (κ2) is 13.5. The number of halogens is 2. The molecule has 0 aliphatic rings. The number of nitrogens with zero attached hydrogens (tertiary/aromatic N) is 2. The van der Waals surface area contributed by atoms with Crippen molar-refractivity contribution in [2.75, 3.05) is 26.7 Å². The highest BCUT2D eigenvalue weighted by Gasteiger charge is 2.13. The van der Waals surface area contributed by atoms with E-state index in [2.05, 4.69) is 34.5 Å². The molecule has 162 valence electrons. The Balaban J connectivity index is 0.00000420. The lowest BCUT2D eigenvalue weighted by Gasteiger charge is -2.21. The first-order chi connectivity index (χ1) is 13.5. The Hall–Kier alpha value is -1.68. The van der Waals surface area contributed by atoms with E-state index < -0.39 is 0 Å². The predicted molar refractivity (Wildman–Crippen MR) is 125 cm³/mol. The fourth-order valence-electron chi connectivity index (χ4n) is 2.83. The smallest absolute Gasteiger partial charge is 0.226 e. The molecular formula is C21H32FIN4O2. The van der Waals surface area contributed by atoms with Crippen molar-refractivity contribution in [3.8, 4) is 11.5 Å². The van der Waals surface area contributed by atoms with Gasteiger partial charge in [-0.2, -0.15) is 0 Å². The highest BCUT2D eigenvalue weighted by Crippen LogP contribution is 2.19. The van der Waals surface area contributed by atoms with Gasteiger partial charge in [0.25, 0.3) is 0 Å². The average molecular weight is 518 g/mol. The summed E-state index contributed by atoms with van der Waals surface area (Å²) in [5.74, 6) is 1.45. The van der Waals surface area contributed by atoms with E-state index in [1.165, 1.54) is 12.1 Å². The number of nitrogens with one attached hydrogen (secondary N) is 2.